The van der Waals surface area contributed by atoms with E-state index in [0.29, 0.717) is 17.4 Å². The third-order valence-electron chi connectivity index (χ3n) is 4.24. The third-order valence-corrected chi connectivity index (χ3v) is 5.07. The summed E-state index contributed by atoms with van der Waals surface area (Å²) in [6.07, 6.45) is 8.07. The summed E-state index contributed by atoms with van der Waals surface area (Å²) in [5.74, 6) is 0.779. The number of carbonyl (C=O) groups excluding carboxylic acids is 1. The van der Waals surface area contributed by atoms with E-state index >= 15 is 0 Å². The second-order valence-electron chi connectivity index (χ2n) is 6.33. The van der Waals surface area contributed by atoms with Gasteiger partial charge < -0.3 is 10.5 Å². The minimum atomic E-state index is -0.580. The molecule has 0 unspecified atom stereocenters. The van der Waals surface area contributed by atoms with Crippen molar-refractivity contribution in [2.24, 2.45) is 5.73 Å². The fourth-order valence-electron chi connectivity index (χ4n) is 2.76. The first-order valence-corrected chi connectivity index (χ1v) is 10.3. The SMILES string of the molecule is CCCCCCOc1ccc(N(C(N)=O)c2nc(-c3ccncc3)cs2)cc1. The first-order chi connectivity index (χ1) is 13.7. The zero-order chi connectivity index (χ0) is 19.8. The minimum Gasteiger partial charge on any atom is -0.494 e. The van der Waals surface area contributed by atoms with E-state index in [1.807, 2.05) is 41.8 Å². The molecule has 0 fully saturated rings. The lowest BCUT2D eigenvalue weighted by Crippen LogP contribution is -2.31. The number of hydrogen-bond donors (Lipinski definition) is 1. The molecule has 0 aliphatic carbocycles. The van der Waals surface area contributed by atoms with Gasteiger partial charge in [-0.2, -0.15) is 0 Å². The predicted octanol–water partition coefficient (Wildman–Crippen LogP) is 5.38. The molecular weight excluding hydrogens is 372 g/mol. The van der Waals surface area contributed by atoms with Crippen molar-refractivity contribution in [1.82, 2.24) is 9.97 Å². The number of ether oxygens (including phenoxy) is 1. The molecule has 28 heavy (non-hydrogen) atoms. The highest BCUT2D eigenvalue weighted by Gasteiger charge is 2.19. The molecule has 6 nitrogen and oxygen atoms in total. The van der Waals surface area contributed by atoms with Gasteiger partial charge in [-0.3, -0.25) is 4.98 Å². The largest absolute Gasteiger partial charge is 0.494 e. The molecular formula is C21H24N4O2S. The van der Waals surface area contributed by atoms with Crippen molar-refractivity contribution in [1.29, 1.82) is 0 Å². The number of amides is 2. The Labute approximate surface area is 169 Å². The molecule has 7 heteroatoms. The summed E-state index contributed by atoms with van der Waals surface area (Å²) < 4.78 is 5.76. The molecule has 0 aliphatic heterocycles. The van der Waals surface area contributed by atoms with Crippen molar-refractivity contribution in [3.8, 4) is 17.0 Å². The molecule has 0 atom stereocenters. The molecule has 2 N–H and O–H groups in total. The van der Waals surface area contributed by atoms with Gasteiger partial charge in [-0.15, -0.1) is 11.3 Å². The first-order valence-electron chi connectivity index (χ1n) is 9.37. The number of nitrogens with two attached hydrogens (primary N) is 1. The highest BCUT2D eigenvalue weighted by atomic mass is 32.1. The Morgan fingerprint density at radius 3 is 2.54 bits per heavy atom. The maximum atomic E-state index is 12.1. The Balaban J connectivity index is 1.71. The van der Waals surface area contributed by atoms with Crippen LogP contribution >= 0.6 is 11.3 Å². The average molecular weight is 397 g/mol. The number of unbranched alkanes of at least 4 members (excludes halogenated alkanes) is 3. The number of hydrogen-bond acceptors (Lipinski definition) is 5. The van der Waals surface area contributed by atoms with Crippen molar-refractivity contribution in [2.75, 3.05) is 11.5 Å². The number of urea groups is 1. The minimum absolute atomic E-state index is 0.521. The van der Waals surface area contributed by atoms with Crippen molar-refractivity contribution in [2.45, 2.75) is 32.6 Å². The molecule has 3 aromatic rings. The molecule has 0 saturated heterocycles. The van der Waals surface area contributed by atoms with Crippen LogP contribution in [0.5, 0.6) is 5.75 Å². The Morgan fingerprint density at radius 2 is 1.86 bits per heavy atom. The second-order valence-corrected chi connectivity index (χ2v) is 7.16. The van der Waals surface area contributed by atoms with Gasteiger partial charge in [0, 0.05) is 23.3 Å². The molecule has 0 bridgehead atoms. The van der Waals surface area contributed by atoms with Crippen LogP contribution in [0.25, 0.3) is 11.3 Å². The monoisotopic (exact) mass is 396 g/mol. The fourth-order valence-corrected chi connectivity index (χ4v) is 3.62. The highest BCUT2D eigenvalue weighted by Crippen LogP contribution is 2.32. The maximum Gasteiger partial charge on any atom is 0.325 e. The van der Waals surface area contributed by atoms with E-state index in [-0.39, 0.29) is 0 Å². The van der Waals surface area contributed by atoms with Crippen LogP contribution in [0, 0.1) is 0 Å². The van der Waals surface area contributed by atoms with Crippen LogP contribution in [0.1, 0.15) is 32.6 Å². The van der Waals surface area contributed by atoms with Crippen molar-refractivity contribution >= 4 is 28.2 Å². The van der Waals surface area contributed by atoms with Crippen LogP contribution < -0.4 is 15.4 Å². The maximum absolute atomic E-state index is 12.1. The van der Waals surface area contributed by atoms with E-state index in [1.165, 1.54) is 35.5 Å². The number of thiazole rings is 1. The van der Waals surface area contributed by atoms with E-state index < -0.39 is 6.03 Å². The third kappa shape index (κ3) is 5.07. The van der Waals surface area contributed by atoms with Crippen LogP contribution in [-0.2, 0) is 0 Å². The molecule has 2 amide bonds. The number of rotatable bonds is 9. The topological polar surface area (TPSA) is 81.3 Å². The summed E-state index contributed by atoms with van der Waals surface area (Å²) in [4.78, 5) is 22.1. The lowest BCUT2D eigenvalue weighted by molar-refractivity contribution is 0.256. The van der Waals surface area contributed by atoms with E-state index in [0.717, 1.165) is 23.4 Å². The van der Waals surface area contributed by atoms with Crippen molar-refractivity contribution < 1.29 is 9.53 Å². The van der Waals surface area contributed by atoms with Gasteiger partial charge in [0.2, 0.25) is 0 Å². The predicted molar refractivity (Wildman–Crippen MR) is 113 cm³/mol. The summed E-state index contributed by atoms with van der Waals surface area (Å²) in [7, 11) is 0. The summed E-state index contributed by atoms with van der Waals surface area (Å²) >= 11 is 1.36. The Kier molecular flexibility index (Phi) is 6.97. The standard InChI is InChI=1S/C21H24N4O2S/c1-2-3-4-5-14-27-18-8-6-17(7-9-18)25(20(22)26)21-24-19(15-28-21)16-10-12-23-13-11-16/h6-13,15H,2-5,14H2,1H3,(H2,22,26). The number of pyridine rings is 1. The fraction of sp³-hybridized carbons (Fsp3) is 0.286. The molecule has 146 valence electrons. The van der Waals surface area contributed by atoms with Gasteiger partial charge in [-0.05, 0) is 42.8 Å². The van der Waals surface area contributed by atoms with E-state index in [2.05, 4.69) is 16.9 Å². The molecule has 1 aromatic carbocycles. The summed E-state index contributed by atoms with van der Waals surface area (Å²) in [5, 5.41) is 2.42. The number of nitrogens with zero attached hydrogens (tertiary/aromatic N) is 3. The normalized spacial score (nSPS) is 10.6. The zero-order valence-corrected chi connectivity index (χ0v) is 16.7. The Morgan fingerprint density at radius 1 is 1.11 bits per heavy atom. The number of carbonyl (C=O) groups is 1. The van der Waals surface area contributed by atoms with Crippen LogP contribution in [0.3, 0.4) is 0 Å². The number of aromatic nitrogens is 2. The smallest absolute Gasteiger partial charge is 0.325 e. The molecule has 2 aromatic heterocycles. The van der Waals surface area contributed by atoms with Crippen LogP contribution in [0.4, 0.5) is 15.6 Å². The summed E-state index contributed by atoms with van der Waals surface area (Å²) in [6, 6.07) is 10.5. The van der Waals surface area contributed by atoms with Crippen LogP contribution in [0.15, 0.2) is 54.2 Å². The molecule has 2 heterocycles. The molecule has 0 saturated carbocycles. The van der Waals surface area contributed by atoms with E-state index in [4.69, 9.17) is 10.5 Å². The van der Waals surface area contributed by atoms with Gasteiger partial charge in [0.15, 0.2) is 5.13 Å². The molecule has 0 spiro atoms. The van der Waals surface area contributed by atoms with Gasteiger partial charge in [0.1, 0.15) is 5.75 Å². The van der Waals surface area contributed by atoms with Crippen molar-refractivity contribution in [3.63, 3.8) is 0 Å². The van der Waals surface area contributed by atoms with Crippen LogP contribution in [0.2, 0.25) is 0 Å². The quantitative estimate of drug-likeness (QED) is 0.492. The summed E-state index contributed by atoms with van der Waals surface area (Å²) in [6.45, 7) is 2.88. The lowest BCUT2D eigenvalue weighted by atomic mass is 10.2. The van der Waals surface area contributed by atoms with E-state index in [1.54, 1.807) is 12.4 Å². The Bertz CT molecular complexity index is 881. The Hall–Kier alpha value is -2.93. The molecule has 3 rings (SSSR count). The number of anilines is 2. The number of primary amides is 1. The van der Waals surface area contributed by atoms with Gasteiger partial charge >= 0.3 is 6.03 Å². The average Bonchev–Trinajstić information content (AvgIpc) is 3.19. The van der Waals surface area contributed by atoms with Gasteiger partial charge in [-0.1, -0.05) is 26.2 Å². The van der Waals surface area contributed by atoms with Gasteiger partial charge in [0.05, 0.1) is 18.0 Å². The zero-order valence-electron chi connectivity index (χ0n) is 15.9. The van der Waals surface area contributed by atoms with Gasteiger partial charge in [-0.25, -0.2) is 14.7 Å². The lowest BCUT2D eigenvalue weighted by Gasteiger charge is -2.17. The highest BCUT2D eigenvalue weighted by molar-refractivity contribution is 7.14. The van der Waals surface area contributed by atoms with Gasteiger partial charge in [0.25, 0.3) is 0 Å². The molecule has 0 radical (unpaired) electrons. The summed E-state index contributed by atoms with van der Waals surface area (Å²) in [5.41, 5.74) is 8.00. The van der Waals surface area contributed by atoms with Crippen molar-refractivity contribution in [3.05, 3.63) is 54.2 Å². The number of benzene rings is 1. The first kappa shape index (κ1) is 19.8. The van der Waals surface area contributed by atoms with E-state index in [9.17, 15) is 4.79 Å². The second kappa shape index (κ2) is 9.85. The van der Waals surface area contributed by atoms with Crippen LogP contribution in [-0.4, -0.2) is 22.6 Å². The molecule has 0 aliphatic rings.